The smallest absolute Gasteiger partial charge is 0.323 e. The highest BCUT2D eigenvalue weighted by Gasteiger charge is 2.21. The Labute approximate surface area is 205 Å². The van der Waals surface area contributed by atoms with Crippen molar-refractivity contribution in [3.8, 4) is 16.9 Å². The van der Waals surface area contributed by atoms with E-state index < -0.39 is 0 Å². The van der Waals surface area contributed by atoms with Gasteiger partial charge in [0.1, 0.15) is 18.4 Å². The number of carbonyl (C=O) groups excluding carboxylic acids is 1. The van der Waals surface area contributed by atoms with Crippen LogP contribution >= 0.6 is 0 Å². The van der Waals surface area contributed by atoms with E-state index in [0.717, 1.165) is 54.3 Å². The number of esters is 1. The summed E-state index contributed by atoms with van der Waals surface area (Å²) in [5, 5.41) is 4.02. The highest BCUT2D eigenvalue weighted by molar-refractivity contribution is 5.94. The van der Waals surface area contributed by atoms with Gasteiger partial charge in [0.25, 0.3) is 0 Å². The fourth-order valence-electron chi connectivity index (χ4n) is 4.01. The molecule has 1 fully saturated rings. The molecule has 1 saturated heterocycles. The van der Waals surface area contributed by atoms with Crippen LogP contribution in [0.4, 0.5) is 5.69 Å². The molecule has 0 amide bonds. The zero-order chi connectivity index (χ0) is 24.5. The minimum atomic E-state index is -0.196. The summed E-state index contributed by atoms with van der Waals surface area (Å²) in [5.74, 6) is 1.10. The number of ether oxygens (including phenoxy) is 3. The van der Waals surface area contributed by atoms with Crippen LogP contribution in [0.25, 0.3) is 22.0 Å². The first-order chi connectivity index (χ1) is 17.2. The number of hydrogen-bond acceptors (Lipinski definition) is 9. The van der Waals surface area contributed by atoms with Crippen LogP contribution < -0.4 is 15.8 Å². The van der Waals surface area contributed by atoms with E-state index >= 15 is 0 Å². The monoisotopic (exact) mass is 479 g/mol. The lowest BCUT2D eigenvalue weighted by molar-refractivity contribution is -0.147. The van der Waals surface area contributed by atoms with Crippen molar-refractivity contribution in [3.63, 3.8) is 0 Å². The number of carbonyl (C=O) groups is 1. The average molecular weight is 480 g/mol. The fourth-order valence-corrected chi connectivity index (χ4v) is 4.01. The third kappa shape index (κ3) is 6.64. The number of nitrogens with one attached hydrogen (secondary N) is 1. The number of rotatable bonds is 11. The van der Waals surface area contributed by atoms with Crippen molar-refractivity contribution in [2.75, 3.05) is 32.1 Å². The van der Waals surface area contributed by atoms with Crippen molar-refractivity contribution in [2.45, 2.75) is 51.7 Å². The van der Waals surface area contributed by atoms with Crippen LogP contribution in [0.3, 0.4) is 0 Å². The molecule has 0 aliphatic carbocycles. The van der Waals surface area contributed by atoms with Crippen molar-refractivity contribution in [3.05, 3.63) is 42.6 Å². The van der Waals surface area contributed by atoms with Crippen molar-refractivity contribution in [2.24, 2.45) is 0 Å². The zero-order valence-electron chi connectivity index (χ0n) is 20.2. The minimum Gasteiger partial charge on any atom is -0.492 e. The molecule has 1 aliphatic heterocycles. The van der Waals surface area contributed by atoms with Crippen LogP contribution in [0, 0.1) is 0 Å². The molecule has 35 heavy (non-hydrogen) atoms. The Morgan fingerprint density at radius 3 is 2.74 bits per heavy atom. The summed E-state index contributed by atoms with van der Waals surface area (Å²) in [4.78, 5) is 25.5. The lowest BCUT2D eigenvalue weighted by atomic mass is 10.0. The Hall–Kier alpha value is -3.30. The van der Waals surface area contributed by atoms with Gasteiger partial charge < -0.3 is 25.3 Å². The van der Waals surface area contributed by atoms with Crippen LogP contribution in [-0.4, -0.2) is 53.3 Å². The van der Waals surface area contributed by atoms with Gasteiger partial charge >= 0.3 is 5.97 Å². The number of nitrogens with two attached hydrogens (primary N) is 1. The predicted octanol–water partition coefficient (Wildman–Crippen LogP) is 3.65. The Morgan fingerprint density at radius 2 is 1.97 bits per heavy atom. The van der Waals surface area contributed by atoms with Crippen LogP contribution in [0.2, 0.25) is 0 Å². The van der Waals surface area contributed by atoms with E-state index in [2.05, 4.69) is 27.2 Å². The molecule has 1 aromatic carbocycles. The Bertz CT molecular complexity index is 1120. The number of hydrogen-bond donors (Lipinski definition) is 2. The molecule has 3 N–H and O–H groups in total. The van der Waals surface area contributed by atoms with Crippen molar-refractivity contribution in [1.29, 1.82) is 0 Å². The van der Waals surface area contributed by atoms with Gasteiger partial charge in [0.2, 0.25) is 0 Å². The normalized spacial score (nSPS) is 15.7. The Balaban J connectivity index is 1.45. The lowest BCUT2D eigenvalue weighted by Crippen LogP contribution is -2.41. The second-order valence-electron chi connectivity index (χ2n) is 8.59. The number of pyridine rings is 1. The molecule has 0 radical (unpaired) electrons. The molecular formula is C26H33N5O4. The first kappa shape index (κ1) is 24.8. The average Bonchev–Trinajstić information content (AvgIpc) is 2.89. The van der Waals surface area contributed by atoms with E-state index in [1.807, 2.05) is 18.2 Å². The quantitative estimate of drug-likeness (QED) is 0.313. The SMILES string of the molecule is CCCOCc1ncc(-c2ccc3ncc(N)cc3c2OCCCOC(=O)C2CCCCN2)cn1. The van der Waals surface area contributed by atoms with Crippen LogP contribution in [-0.2, 0) is 20.9 Å². The number of benzene rings is 1. The number of nitrogen functional groups attached to an aromatic ring is 1. The van der Waals surface area contributed by atoms with E-state index in [9.17, 15) is 4.79 Å². The first-order valence-electron chi connectivity index (χ1n) is 12.3. The summed E-state index contributed by atoms with van der Waals surface area (Å²) in [5.41, 5.74) is 9.00. The maximum absolute atomic E-state index is 12.2. The molecule has 1 aliphatic rings. The highest BCUT2D eigenvalue weighted by atomic mass is 16.5. The minimum absolute atomic E-state index is 0.187. The maximum Gasteiger partial charge on any atom is 0.323 e. The van der Waals surface area contributed by atoms with Gasteiger partial charge in [-0.05, 0) is 44.0 Å². The molecule has 3 heterocycles. The van der Waals surface area contributed by atoms with Gasteiger partial charge in [-0.25, -0.2) is 9.97 Å². The summed E-state index contributed by atoms with van der Waals surface area (Å²) in [6, 6.07) is 5.53. The van der Waals surface area contributed by atoms with Gasteiger partial charge in [0.05, 0.1) is 30.6 Å². The van der Waals surface area contributed by atoms with Gasteiger partial charge in [0.15, 0.2) is 5.82 Å². The number of nitrogens with zero attached hydrogens (tertiary/aromatic N) is 3. The van der Waals surface area contributed by atoms with Gasteiger partial charge in [-0.2, -0.15) is 0 Å². The van der Waals surface area contributed by atoms with Crippen LogP contribution in [0.15, 0.2) is 36.8 Å². The van der Waals surface area contributed by atoms with E-state index in [4.69, 9.17) is 19.9 Å². The topological polar surface area (TPSA) is 121 Å². The molecule has 4 rings (SSSR count). The van der Waals surface area contributed by atoms with Crippen molar-refractivity contribution >= 4 is 22.6 Å². The summed E-state index contributed by atoms with van der Waals surface area (Å²) in [6.45, 7) is 4.65. The van der Waals surface area contributed by atoms with Gasteiger partial charge in [-0.15, -0.1) is 0 Å². The summed E-state index contributed by atoms with van der Waals surface area (Å²) in [7, 11) is 0. The molecule has 0 bridgehead atoms. The van der Waals surface area contributed by atoms with E-state index in [1.165, 1.54) is 0 Å². The third-order valence-electron chi connectivity index (χ3n) is 5.81. The van der Waals surface area contributed by atoms with E-state index in [-0.39, 0.29) is 12.0 Å². The first-order valence-corrected chi connectivity index (χ1v) is 12.3. The number of fused-ring (bicyclic) bond motifs is 1. The Kier molecular flexibility index (Phi) is 8.80. The molecule has 0 spiro atoms. The Morgan fingerprint density at radius 1 is 1.11 bits per heavy atom. The molecule has 0 saturated carbocycles. The number of piperidine rings is 1. The number of aromatic nitrogens is 3. The second-order valence-corrected chi connectivity index (χ2v) is 8.59. The standard InChI is InChI=1S/C26H33N5O4/c1-2-10-33-17-24-30-14-18(15-31-24)20-7-8-22-21(13-19(27)16-29-22)25(20)34-11-5-12-35-26(32)23-6-3-4-9-28-23/h7-8,13-16,23,28H,2-6,9-12,17,27H2,1H3. The molecular weight excluding hydrogens is 446 g/mol. The summed E-state index contributed by atoms with van der Waals surface area (Å²) in [6.07, 6.45) is 9.65. The van der Waals surface area contributed by atoms with Crippen LogP contribution in [0.1, 0.15) is 44.9 Å². The molecule has 186 valence electrons. The van der Waals surface area contributed by atoms with E-state index in [1.54, 1.807) is 18.6 Å². The predicted molar refractivity (Wildman–Crippen MR) is 134 cm³/mol. The molecule has 3 aromatic rings. The van der Waals surface area contributed by atoms with E-state index in [0.29, 0.717) is 50.1 Å². The number of anilines is 1. The van der Waals surface area contributed by atoms with Gasteiger partial charge in [-0.3, -0.25) is 9.78 Å². The zero-order valence-corrected chi connectivity index (χ0v) is 20.2. The molecule has 1 atom stereocenters. The summed E-state index contributed by atoms with van der Waals surface area (Å²) < 4.78 is 17.2. The second kappa shape index (κ2) is 12.4. The molecule has 9 nitrogen and oxygen atoms in total. The summed E-state index contributed by atoms with van der Waals surface area (Å²) >= 11 is 0. The van der Waals surface area contributed by atoms with Crippen molar-refractivity contribution in [1.82, 2.24) is 20.3 Å². The molecule has 2 aromatic heterocycles. The van der Waals surface area contributed by atoms with Crippen molar-refractivity contribution < 1.29 is 19.0 Å². The maximum atomic E-state index is 12.2. The van der Waals surface area contributed by atoms with Gasteiger partial charge in [-0.1, -0.05) is 13.3 Å². The third-order valence-corrected chi connectivity index (χ3v) is 5.81. The molecule has 1 unspecified atom stereocenters. The van der Waals surface area contributed by atoms with Crippen LogP contribution in [0.5, 0.6) is 5.75 Å². The largest absolute Gasteiger partial charge is 0.492 e. The molecule has 9 heteroatoms. The fraction of sp³-hybridized carbons (Fsp3) is 0.462. The lowest BCUT2D eigenvalue weighted by Gasteiger charge is -2.21. The van der Waals surface area contributed by atoms with Gasteiger partial charge in [0, 0.05) is 41.9 Å². The highest BCUT2D eigenvalue weighted by Crippen LogP contribution is 2.36.